The number of hydrogen-bond donors (Lipinski definition) is 1. The second-order valence-electron chi connectivity index (χ2n) is 4.51. The van der Waals surface area contributed by atoms with Gasteiger partial charge in [0.05, 0.1) is 12.5 Å². The van der Waals surface area contributed by atoms with Crippen LogP contribution in [0.4, 0.5) is 0 Å². The number of rotatable bonds is 5. The van der Waals surface area contributed by atoms with E-state index in [1.54, 1.807) is 0 Å². The minimum Gasteiger partial charge on any atom is -0.494 e. The van der Waals surface area contributed by atoms with Crippen molar-refractivity contribution in [2.45, 2.75) is 26.2 Å². The first-order chi connectivity index (χ1) is 8.69. The van der Waals surface area contributed by atoms with Crippen molar-refractivity contribution in [2.75, 3.05) is 6.61 Å². The second kappa shape index (κ2) is 5.67. The third kappa shape index (κ3) is 3.09. The maximum atomic E-state index is 11.4. The molecule has 2 amide bonds. The number of benzene rings is 1. The fraction of sp³-hybridized carbons (Fsp3) is 0.429. The van der Waals surface area contributed by atoms with Gasteiger partial charge in [0.2, 0.25) is 11.8 Å². The summed E-state index contributed by atoms with van der Waals surface area (Å²) in [5.74, 6) is 0.284. The molecule has 1 saturated heterocycles. The predicted octanol–water partition coefficient (Wildman–Crippen LogP) is 1.68. The molecule has 1 heterocycles. The molecule has 1 atom stereocenters. The van der Waals surface area contributed by atoms with Gasteiger partial charge in [-0.2, -0.15) is 0 Å². The summed E-state index contributed by atoms with van der Waals surface area (Å²) in [6.45, 7) is 2.77. The zero-order valence-corrected chi connectivity index (χ0v) is 10.4. The molecule has 0 bridgehead atoms. The van der Waals surface area contributed by atoms with E-state index in [0.29, 0.717) is 19.4 Å². The summed E-state index contributed by atoms with van der Waals surface area (Å²) in [7, 11) is 0. The molecule has 1 aliphatic heterocycles. The number of imide groups is 1. The Hall–Kier alpha value is -1.84. The van der Waals surface area contributed by atoms with Gasteiger partial charge in [-0.05, 0) is 30.5 Å². The Morgan fingerprint density at radius 1 is 1.28 bits per heavy atom. The average Bonchev–Trinajstić information content (AvgIpc) is 2.67. The van der Waals surface area contributed by atoms with E-state index in [1.165, 1.54) is 0 Å². The Kier molecular flexibility index (Phi) is 3.97. The molecule has 1 aromatic carbocycles. The lowest BCUT2D eigenvalue weighted by atomic mass is 9.98. The molecular weight excluding hydrogens is 230 g/mol. The molecule has 18 heavy (non-hydrogen) atoms. The minimum absolute atomic E-state index is 0.161. The lowest BCUT2D eigenvalue weighted by molar-refractivity contribution is -0.125. The molecule has 0 radical (unpaired) electrons. The zero-order chi connectivity index (χ0) is 13.0. The predicted molar refractivity (Wildman–Crippen MR) is 67.2 cm³/mol. The monoisotopic (exact) mass is 247 g/mol. The van der Waals surface area contributed by atoms with Crippen molar-refractivity contribution in [3.63, 3.8) is 0 Å². The van der Waals surface area contributed by atoms with Crippen molar-refractivity contribution in [1.29, 1.82) is 0 Å². The highest BCUT2D eigenvalue weighted by Crippen LogP contribution is 2.19. The largest absolute Gasteiger partial charge is 0.494 e. The molecular formula is C14H17NO3. The summed E-state index contributed by atoms with van der Waals surface area (Å²) < 4.78 is 5.48. The number of carbonyl (C=O) groups excluding carboxylic acids is 2. The summed E-state index contributed by atoms with van der Waals surface area (Å²) in [6, 6.07) is 7.70. The van der Waals surface area contributed by atoms with Gasteiger partial charge in [0.25, 0.3) is 0 Å². The van der Waals surface area contributed by atoms with Crippen molar-refractivity contribution in [1.82, 2.24) is 5.32 Å². The van der Waals surface area contributed by atoms with Gasteiger partial charge in [0.1, 0.15) is 5.75 Å². The van der Waals surface area contributed by atoms with Crippen molar-refractivity contribution in [3.8, 4) is 5.75 Å². The van der Waals surface area contributed by atoms with Gasteiger partial charge < -0.3 is 4.74 Å². The molecule has 1 aromatic rings. The highest BCUT2D eigenvalue weighted by Gasteiger charge is 2.30. The molecule has 4 heteroatoms. The molecule has 1 N–H and O–H groups in total. The van der Waals surface area contributed by atoms with Gasteiger partial charge in [-0.25, -0.2) is 0 Å². The first-order valence-corrected chi connectivity index (χ1v) is 6.24. The summed E-state index contributed by atoms with van der Waals surface area (Å²) in [5.41, 5.74) is 1.05. The first-order valence-electron chi connectivity index (χ1n) is 6.24. The number of ether oxygens (including phenoxy) is 1. The van der Waals surface area contributed by atoms with Crippen LogP contribution in [0.25, 0.3) is 0 Å². The molecule has 1 fully saturated rings. The Labute approximate surface area is 106 Å². The normalized spacial score (nSPS) is 18.8. The van der Waals surface area contributed by atoms with E-state index in [-0.39, 0.29) is 17.7 Å². The standard InChI is InChI=1S/C14H17NO3/c1-2-7-18-12-5-3-10(4-6-12)8-11-9-13(16)15-14(11)17/h3-6,11H,2,7-9H2,1H3,(H,15,16,17). The fourth-order valence-corrected chi connectivity index (χ4v) is 2.00. The lowest BCUT2D eigenvalue weighted by Gasteiger charge is -2.08. The van der Waals surface area contributed by atoms with E-state index in [1.807, 2.05) is 24.3 Å². The van der Waals surface area contributed by atoms with Crippen LogP contribution >= 0.6 is 0 Å². The molecule has 0 spiro atoms. The third-order valence-corrected chi connectivity index (χ3v) is 2.94. The molecule has 1 aliphatic rings. The van der Waals surface area contributed by atoms with Gasteiger partial charge in [0.15, 0.2) is 0 Å². The highest BCUT2D eigenvalue weighted by molar-refractivity contribution is 6.03. The van der Waals surface area contributed by atoms with Crippen LogP contribution in [0.5, 0.6) is 5.75 Å². The van der Waals surface area contributed by atoms with E-state index >= 15 is 0 Å². The molecule has 4 nitrogen and oxygen atoms in total. The fourth-order valence-electron chi connectivity index (χ4n) is 2.00. The van der Waals surface area contributed by atoms with Gasteiger partial charge in [-0.1, -0.05) is 19.1 Å². The second-order valence-corrected chi connectivity index (χ2v) is 4.51. The van der Waals surface area contributed by atoms with Crippen molar-refractivity contribution < 1.29 is 14.3 Å². The Morgan fingerprint density at radius 2 is 2.00 bits per heavy atom. The van der Waals surface area contributed by atoms with E-state index in [0.717, 1.165) is 17.7 Å². The number of carbonyl (C=O) groups is 2. The Bertz CT molecular complexity index is 439. The van der Waals surface area contributed by atoms with Crippen LogP contribution < -0.4 is 10.1 Å². The quantitative estimate of drug-likeness (QED) is 0.805. The van der Waals surface area contributed by atoms with Crippen molar-refractivity contribution in [2.24, 2.45) is 5.92 Å². The molecule has 2 rings (SSSR count). The summed E-state index contributed by atoms with van der Waals surface area (Å²) in [5, 5.41) is 2.32. The van der Waals surface area contributed by atoms with Crippen molar-refractivity contribution in [3.05, 3.63) is 29.8 Å². The maximum Gasteiger partial charge on any atom is 0.230 e. The maximum absolute atomic E-state index is 11.4. The van der Waals surface area contributed by atoms with E-state index in [9.17, 15) is 9.59 Å². The van der Waals surface area contributed by atoms with E-state index in [2.05, 4.69) is 12.2 Å². The Balaban J connectivity index is 1.94. The number of hydrogen-bond acceptors (Lipinski definition) is 3. The molecule has 0 aliphatic carbocycles. The first kappa shape index (κ1) is 12.6. The van der Waals surface area contributed by atoms with Crippen LogP contribution in [-0.4, -0.2) is 18.4 Å². The molecule has 0 aromatic heterocycles. The topological polar surface area (TPSA) is 55.4 Å². The Morgan fingerprint density at radius 3 is 2.56 bits per heavy atom. The van der Waals surface area contributed by atoms with Crippen LogP contribution in [0.1, 0.15) is 25.3 Å². The lowest BCUT2D eigenvalue weighted by Crippen LogP contribution is -2.22. The van der Waals surface area contributed by atoms with Crippen LogP contribution in [0.2, 0.25) is 0 Å². The molecule has 1 unspecified atom stereocenters. The van der Waals surface area contributed by atoms with Gasteiger partial charge in [-0.15, -0.1) is 0 Å². The number of amides is 2. The van der Waals surface area contributed by atoms with Crippen LogP contribution in [0.15, 0.2) is 24.3 Å². The van der Waals surface area contributed by atoms with Gasteiger partial charge >= 0.3 is 0 Å². The summed E-state index contributed by atoms with van der Waals surface area (Å²) >= 11 is 0. The molecule has 0 saturated carbocycles. The van der Waals surface area contributed by atoms with E-state index < -0.39 is 0 Å². The SMILES string of the molecule is CCCOc1ccc(CC2CC(=O)NC2=O)cc1. The summed E-state index contributed by atoms with van der Waals surface area (Å²) in [4.78, 5) is 22.5. The van der Waals surface area contributed by atoms with E-state index in [4.69, 9.17) is 4.74 Å². The average molecular weight is 247 g/mol. The van der Waals surface area contributed by atoms with Crippen molar-refractivity contribution >= 4 is 11.8 Å². The number of nitrogens with one attached hydrogen (secondary N) is 1. The van der Waals surface area contributed by atoms with Crippen LogP contribution in [0, 0.1) is 5.92 Å². The summed E-state index contributed by atoms with van der Waals surface area (Å²) in [6.07, 6.45) is 1.88. The zero-order valence-electron chi connectivity index (χ0n) is 10.4. The smallest absolute Gasteiger partial charge is 0.230 e. The van der Waals surface area contributed by atoms with Gasteiger partial charge in [-0.3, -0.25) is 14.9 Å². The molecule has 96 valence electrons. The minimum atomic E-state index is -0.222. The van der Waals surface area contributed by atoms with Crippen LogP contribution in [-0.2, 0) is 16.0 Å². The third-order valence-electron chi connectivity index (χ3n) is 2.94. The van der Waals surface area contributed by atoms with Gasteiger partial charge in [0, 0.05) is 6.42 Å². The highest BCUT2D eigenvalue weighted by atomic mass is 16.5. The van der Waals surface area contributed by atoms with Crippen LogP contribution in [0.3, 0.4) is 0 Å².